The van der Waals surface area contributed by atoms with E-state index in [1.165, 1.54) is 6.92 Å². The van der Waals surface area contributed by atoms with Crippen LogP contribution >= 0.6 is 0 Å². The summed E-state index contributed by atoms with van der Waals surface area (Å²) in [6.45, 7) is 2.42. The molecule has 3 heteroatoms. The monoisotopic (exact) mass is 374 g/mol. The molecule has 0 heterocycles. The number of carbonyl (C=O) groups is 2. The minimum absolute atomic E-state index is 0.0829. The lowest BCUT2D eigenvalue weighted by molar-refractivity contribution is -0.145. The molecule has 0 rings (SSSR count). The number of hydrogen-bond acceptors (Lipinski definition) is 3. The van der Waals surface area contributed by atoms with Crippen molar-refractivity contribution in [3.8, 4) is 0 Å². The number of hydrogen-bond donors (Lipinski definition) is 0. The molecule has 0 spiro atoms. The maximum Gasteiger partial charge on any atom is 0.306 e. The molecule has 0 saturated carbocycles. The molecule has 0 N–H and O–H groups in total. The molecule has 0 amide bonds. The third-order valence-corrected chi connectivity index (χ3v) is 4.69. The normalized spacial score (nSPS) is 20.3. The molecule has 2 unspecified atom stereocenters. The number of carbonyl (C=O) groups excluding carboxylic acids is 2. The summed E-state index contributed by atoms with van der Waals surface area (Å²) in [6.07, 6.45) is 8.55. The average molecular weight is 375 g/mol. The van der Waals surface area contributed by atoms with Crippen molar-refractivity contribution in [1.29, 1.82) is 0 Å². The number of unbranched alkanes of at least 4 members (excludes halogenated alkanes) is 7. The Morgan fingerprint density at radius 3 is 1.62 bits per heavy atom. The van der Waals surface area contributed by atoms with Gasteiger partial charge in [0.2, 0.25) is 0 Å². The van der Waals surface area contributed by atoms with Gasteiger partial charge in [0.25, 0.3) is 0 Å². The molecule has 0 fully saturated rings. The van der Waals surface area contributed by atoms with E-state index in [0.29, 0.717) is 12.8 Å². The lowest BCUT2D eigenvalue weighted by Crippen LogP contribution is -2.18. The minimum atomic E-state index is -2.20. The fourth-order valence-electron chi connectivity index (χ4n) is 3.35. The Kier molecular flexibility index (Phi) is 8.27. The van der Waals surface area contributed by atoms with E-state index in [1.807, 2.05) is 0 Å². The first-order chi connectivity index (χ1) is 14.6. The second-order valence-corrected chi connectivity index (χ2v) is 8.31. The van der Waals surface area contributed by atoms with Crippen LogP contribution in [0.5, 0.6) is 0 Å². The van der Waals surface area contributed by atoms with Crippen LogP contribution in [0.1, 0.15) is 127 Å². The van der Waals surface area contributed by atoms with E-state index in [1.54, 1.807) is 20.8 Å². The predicted octanol–water partition coefficient (Wildman–Crippen LogP) is 6.87. The third kappa shape index (κ3) is 15.4. The maximum absolute atomic E-state index is 11.8. The largest absolute Gasteiger partial charge is 0.466 e. The molecule has 0 aliphatic rings. The fraction of sp³-hybridized carbons (Fsp3) is 0.913. The zero-order valence-corrected chi connectivity index (χ0v) is 17.4. The summed E-state index contributed by atoms with van der Waals surface area (Å²) in [5.74, 6) is -0.538. The van der Waals surface area contributed by atoms with Crippen LogP contribution in [0.25, 0.3) is 0 Å². The standard InChI is InChI=1S/C23H44O3/c1-7-26-21(25)19-23(5,6)17-15-13-11-9-8-10-12-14-16-22(3,4)18-20(2)24/h7-19H2,1-6H3/i3D3,5D3. The summed E-state index contributed by atoms with van der Waals surface area (Å²) in [5.41, 5.74) is -2.01. The topological polar surface area (TPSA) is 43.4 Å². The Balaban J connectivity index is 4.17. The van der Waals surface area contributed by atoms with Gasteiger partial charge in [-0.1, -0.05) is 78.9 Å². The molecule has 0 bridgehead atoms. The highest BCUT2D eigenvalue weighted by Crippen LogP contribution is 2.29. The Morgan fingerprint density at radius 2 is 1.23 bits per heavy atom. The first kappa shape index (κ1) is 16.1. The summed E-state index contributed by atoms with van der Waals surface area (Å²) >= 11 is 0. The van der Waals surface area contributed by atoms with E-state index < -0.39 is 30.5 Å². The van der Waals surface area contributed by atoms with Crippen LogP contribution in [0, 0.1) is 10.8 Å². The van der Waals surface area contributed by atoms with Crippen molar-refractivity contribution in [2.45, 2.75) is 118 Å². The zero-order chi connectivity index (χ0) is 25.1. The quantitative estimate of drug-likeness (QED) is 0.219. The van der Waals surface area contributed by atoms with Crippen LogP contribution in [-0.4, -0.2) is 18.4 Å². The van der Waals surface area contributed by atoms with Gasteiger partial charge in [0.1, 0.15) is 5.78 Å². The van der Waals surface area contributed by atoms with Crippen molar-refractivity contribution in [2.75, 3.05) is 6.61 Å². The van der Waals surface area contributed by atoms with E-state index in [-0.39, 0.29) is 25.2 Å². The molecular weight excluding hydrogens is 324 g/mol. The maximum atomic E-state index is 11.8. The number of Topliss-reactive ketones (excluding diaryl/α,β-unsaturated/α-hetero) is 1. The van der Waals surface area contributed by atoms with Crippen LogP contribution < -0.4 is 0 Å². The van der Waals surface area contributed by atoms with E-state index in [9.17, 15) is 9.59 Å². The Labute approximate surface area is 171 Å². The first-order valence-electron chi connectivity index (χ1n) is 13.2. The van der Waals surface area contributed by atoms with E-state index in [4.69, 9.17) is 13.0 Å². The Hall–Kier alpha value is -0.860. The van der Waals surface area contributed by atoms with Gasteiger partial charge in [-0.3, -0.25) is 4.79 Å². The van der Waals surface area contributed by atoms with E-state index in [0.717, 1.165) is 51.4 Å². The molecule has 2 atom stereocenters. The number of ether oxygens (including phenoxy) is 1. The molecule has 3 nitrogen and oxygen atoms in total. The van der Waals surface area contributed by atoms with Crippen LogP contribution in [0.2, 0.25) is 0 Å². The molecule has 0 aromatic carbocycles. The van der Waals surface area contributed by atoms with Gasteiger partial charge in [-0.25, -0.2) is 0 Å². The minimum Gasteiger partial charge on any atom is -0.466 e. The van der Waals surface area contributed by atoms with Crippen molar-refractivity contribution < 1.29 is 22.6 Å². The highest BCUT2D eigenvalue weighted by atomic mass is 16.5. The molecule has 0 aromatic rings. The van der Waals surface area contributed by atoms with Crippen LogP contribution in [0.3, 0.4) is 0 Å². The highest BCUT2D eigenvalue weighted by molar-refractivity contribution is 5.76. The molecule has 0 saturated heterocycles. The van der Waals surface area contributed by atoms with Crippen molar-refractivity contribution >= 4 is 11.8 Å². The summed E-state index contributed by atoms with van der Waals surface area (Å²) in [5, 5.41) is 0. The van der Waals surface area contributed by atoms with Gasteiger partial charge < -0.3 is 9.53 Å². The smallest absolute Gasteiger partial charge is 0.306 e. The van der Waals surface area contributed by atoms with Crippen LogP contribution in [-0.2, 0) is 14.3 Å². The first-order valence-corrected chi connectivity index (χ1v) is 10.2. The van der Waals surface area contributed by atoms with Gasteiger partial charge in [0.15, 0.2) is 0 Å². The second kappa shape index (κ2) is 13.3. The molecular formula is C23H44O3. The second-order valence-electron chi connectivity index (χ2n) is 8.31. The molecule has 0 radical (unpaired) electrons. The van der Waals surface area contributed by atoms with Crippen molar-refractivity contribution in [3.63, 3.8) is 0 Å². The van der Waals surface area contributed by atoms with Crippen molar-refractivity contribution in [1.82, 2.24) is 0 Å². The highest BCUT2D eigenvalue weighted by Gasteiger charge is 2.22. The summed E-state index contributed by atoms with van der Waals surface area (Å²) in [7, 11) is 0. The fourth-order valence-corrected chi connectivity index (χ4v) is 3.35. The van der Waals surface area contributed by atoms with E-state index >= 15 is 0 Å². The lowest BCUT2D eigenvalue weighted by Gasteiger charge is -2.23. The molecule has 0 aliphatic carbocycles. The van der Waals surface area contributed by atoms with Gasteiger partial charge in [0.05, 0.1) is 13.0 Å². The van der Waals surface area contributed by atoms with Crippen LogP contribution in [0.15, 0.2) is 0 Å². The average Bonchev–Trinajstić information content (AvgIpc) is 2.61. The molecule has 0 aromatic heterocycles. The zero-order valence-electron chi connectivity index (χ0n) is 23.4. The predicted molar refractivity (Wildman–Crippen MR) is 110 cm³/mol. The third-order valence-electron chi connectivity index (χ3n) is 4.69. The summed E-state index contributed by atoms with van der Waals surface area (Å²) in [6, 6.07) is 0. The SMILES string of the molecule is [2H]C([2H])([2H])C(C)(CCCCCCCCCCC(C)(CC(=O)OCC)C([2H])([2H])[2H])CC(C)=O. The molecule has 154 valence electrons. The van der Waals surface area contributed by atoms with Gasteiger partial charge in [-0.15, -0.1) is 0 Å². The van der Waals surface area contributed by atoms with Gasteiger partial charge in [-0.05, 0) is 37.5 Å². The van der Waals surface area contributed by atoms with Crippen molar-refractivity contribution in [3.05, 3.63) is 0 Å². The number of ketones is 1. The van der Waals surface area contributed by atoms with Crippen LogP contribution in [0.4, 0.5) is 0 Å². The van der Waals surface area contributed by atoms with E-state index in [2.05, 4.69) is 0 Å². The van der Waals surface area contributed by atoms with Gasteiger partial charge in [0, 0.05) is 14.6 Å². The number of rotatable bonds is 16. The summed E-state index contributed by atoms with van der Waals surface area (Å²) in [4.78, 5) is 23.3. The van der Waals surface area contributed by atoms with Gasteiger partial charge in [-0.2, -0.15) is 0 Å². The number of esters is 1. The Morgan fingerprint density at radius 1 is 0.808 bits per heavy atom. The van der Waals surface area contributed by atoms with Crippen molar-refractivity contribution in [2.24, 2.45) is 10.8 Å². The Bertz CT molecular complexity index is 573. The lowest BCUT2D eigenvalue weighted by atomic mass is 9.82. The summed E-state index contributed by atoms with van der Waals surface area (Å²) < 4.78 is 51.6. The van der Waals surface area contributed by atoms with Gasteiger partial charge >= 0.3 is 5.97 Å². The molecule has 0 aliphatic heterocycles. The molecule has 26 heavy (non-hydrogen) atoms.